The molecule has 0 aliphatic carbocycles. The van der Waals surface area contributed by atoms with Crippen molar-refractivity contribution >= 4 is 16.9 Å². The molecule has 1 aromatic carbocycles. The predicted molar refractivity (Wildman–Crippen MR) is 80.6 cm³/mol. The Morgan fingerprint density at radius 3 is 2.60 bits per heavy atom. The average Bonchev–Trinajstić information content (AvgIpc) is 2.48. The molecule has 0 aliphatic rings. The van der Waals surface area contributed by atoms with Crippen LogP contribution in [0, 0.1) is 13.8 Å². The zero-order chi connectivity index (χ0) is 13.9. The smallest absolute Gasteiger partial charge is 0.222 e. The number of hydrogen-bond acceptors (Lipinski definition) is 4. The van der Waals surface area contributed by atoms with Gasteiger partial charge in [0.15, 0.2) is 0 Å². The highest BCUT2D eigenvalue weighted by atomic mass is 15.1. The van der Waals surface area contributed by atoms with Gasteiger partial charge in [-0.3, -0.25) is 4.98 Å². The Labute approximate surface area is 117 Å². The highest BCUT2D eigenvalue weighted by Gasteiger charge is 2.05. The lowest BCUT2D eigenvalue weighted by Crippen LogP contribution is -2.05. The van der Waals surface area contributed by atoms with Gasteiger partial charge in [-0.2, -0.15) is 0 Å². The lowest BCUT2D eigenvalue weighted by atomic mass is 10.0. The third kappa shape index (κ3) is 2.45. The molecule has 0 fully saturated rings. The van der Waals surface area contributed by atoms with E-state index in [1.807, 2.05) is 31.6 Å². The topological polar surface area (TPSA) is 50.7 Å². The summed E-state index contributed by atoms with van der Waals surface area (Å²) in [5.41, 5.74) is 4.55. The summed E-state index contributed by atoms with van der Waals surface area (Å²) >= 11 is 0. The van der Waals surface area contributed by atoms with Crippen LogP contribution in [-0.4, -0.2) is 15.0 Å². The maximum absolute atomic E-state index is 4.39. The SMILES string of the molecule is Cc1cnc(NCc2c(C)ccc3ncccc23)nc1. The molecule has 2 aromatic heterocycles. The maximum Gasteiger partial charge on any atom is 0.222 e. The zero-order valence-electron chi connectivity index (χ0n) is 11.6. The van der Waals surface area contributed by atoms with Crippen LogP contribution < -0.4 is 5.32 Å². The number of nitrogens with one attached hydrogen (secondary N) is 1. The van der Waals surface area contributed by atoms with Gasteiger partial charge in [-0.15, -0.1) is 0 Å². The maximum atomic E-state index is 4.39. The Bertz CT molecular complexity index is 735. The lowest BCUT2D eigenvalue weighted by molar-refractivity contribution is 1.04. The first-order chi connectivity index (χ1) is 9.74. The summed E-state index contributed by atoms with van der Waals surface area (Å²) in [6.07, 6.45) is 5.44. The number of hydrogen-bond donors (Lipinski definition) is 1. The Kier molecular flexibility index (Phi) is 3.29. The summed E-state index contributed by atoms with van der Waals surface area (Å²) in [6.45, 7) is 4.78. The van der Waals surface area contributed by atoms with Gasteiger partial charge in [0.05, 0.1) is 5.52 Å². The second-order valence-electron chi connectivity index (χ2n) is 4.87. The monoisotopic (exact) mass is 264 g/mol. The first-order valence-electron chi connectivity index (χ1n) is 6.60. The highest BCUT2D eigenvalue weighted by molar-refractivity contribution is 5.83. The molecule has 0 bridgehead atoms. The summed E-state index contributed by atoms with van der Waals surface area (Å²) in [4.78, 5) is 12.9. The molecule has 2 heterocycles. The average molecular weight is 264 g/mol. The summed E-state index contributed by atoms with van der Waals surface area (Å²) < 4.78 is 0. The third-order valence-electron chi connectivity index (χ3n) is 3.34. The normalized spacial score (nSPS) is 10.7. The van der Waals surface area contributed by atoms with E-state index >= 15 is 0 Å². The molecule has 0 radical (unpaired) electrons. The molecule has 4 nitrogen and oxygen atoms in total. The van der Waals surface area contributed by atoms with Crippen molar-refractivity contribution in [3.8, 4) is 0 Å². The summed E-state index contributed by atoms with van der Waals surface area (Å²) in [7, 11) is 0. The number of nitrogens with zero attached hydrogens (tertiary/aromatic N) is 3. The third-order valence-corrected chi connectivity index (χ3v) is 3.34. The van der Waals surface area contributed by atoms with E-state index in [4.69, 9.17) is 0 Å². The minimum Gasteiger partial charge on any atom is -0.350 e. The van der Waals surface area contributed by atoms with Crippen LogP contribution in [0.2, 0.25) is 0 Å². The Morgan fingerprint density at radius 1 is 1.00 bits per heavy atom. The number of benzene rings is 1. The standard InChI is InChI=1S/C16H16N4/c1-11-8-18-16(19-9-11)20-10-14-12(2)5-6-15-13(14)4-3-7-17-15/h3-9H,10H2,1-2H3,(H,18,19,20). The van der Waals surface area contributed by atoms with E-state index in [1.165, 1.54) is 16.5 Å². The summed E-state index contributed by atoms with van der Waals surface area (Å²) in [5, 5.41) is 4.44. The molecule has 0 unspecified atom stereocenters. The van der Waals surface area contributed by atoms with E-state index in [9.17, 15) is 0 Å². The summed E-state index contributed by atoms with van der Waals surface area (Å²) in [5.74, 6) is 0.649. The molecule has 3 aromatic rings. The van der Waals surface area contributed by atoms with Crippen molar-refractivity contribution in [2.75, 3.05) is 5.32 Å². The summed E-state index contributed by atoms with van der Waals surface area (Å²) in [6, 6.07) is 8.22. The van der Waals surface area contributed by atoms with Crippen molar-refractivity contribution in [1.82, 2.24) is 15.0 Å². The van der Waals surface area contributed by atoms with Crippen molar-refractivity contribution in [3.05, 3.63) is 59.5 Å². The second-order valence-corrected chi connectivity index (χ2v) is 4.87. The number of aromatic nitrogens is 3. The van der Waals surface area contributed by atoms with Crippen LogP contribution in [0.25, 0.3) is 10.9 Å². The highest BCUT2D eigenvalue weighted by Crippen LogP contribution is 2.21. The predicted octanol–water partition coefficient (Wildman–Crippen LogP) is 3.25. The van der Waals surface area contributed by atoms with Crippen molar-refractivity contribution < 1.29 is 0 Å². The van der Waals surface area contributed by atoms with Gasteiger partial charge in [-0.05, 0) is 42.7 Å². The second kappa shape index (κ2) is 5.25. The van der Waals surface area contributed by atoms with E-state index < -0.39 is 0 Å². The van der Waals surface area contributed by atoms with Gasteiger partial charge in [-0.1, -0.05) is 12.1 Å². The molecular weight excluding hydrogens is 248 g/mol. The lowest BCUT2D eigenvalue weighted by Gasteiger charge is -2.11. The number of aryl methyl sites for hydroxylation is 2. The van der Waals surface area contributed by atoms with E-state index in [1.54, 1.807) is 0 Å². The van der Waals surface area contributed by atoms with Gasteiger partial charge in [-0.25, -0.2) is 9.97 Å². The zero-order valence-corrected chi connectivity index (χ0v) is 11.6. The van der Waals surface area contributed by atoms with Crippen LogP contribution >= 0.6 is 0 Å². The van der Waals surface area contributed by atoms with Crippen molar-refractivity contribution in [3.63, 3.8) is 0 Å². The van der Waals surface area contributed by atoms with Crippen LogP contribution in [0.5, 0.6) is 0 Å². The molecular formula is C16H16N4. The molecule has 4 heteroatoms. The van der Waals surface area contributed by atoms with E-state index in [-0.39, 0.29) is 0 Å². The largest absolute Gasteiger partial charge is 0.350 e. The van der Waals surface area contributed by atoms with Gasteiger partial charge < -0.3 is 5.32 Å². The van der Waals surface area contributed by atoms with Crippen LogP contribution in [-0.2, 0) is 6.54 Å². The number of anilines is 1. The van der Waals surface area contributed by atoms with E-state index in [0.717, 1.165) is 11.1 Å². The quantitative estimate of drug-likeness (QED) is 0.789. The van der Waals surface area contributed by atoms with Gasteiger partial charge >= 0.3 is 0 Å². The molecule has 0 amide bonds. The van der Waals surface area contributed by atoms with Gasteiger partial charge in [0.1, 0.15) is 0 Å². The minimum absolute atomic E-state index is 0.649. The molecule has 3 rings (SSSR count). The van der Waals surface area contributed by atoms with E-state index in [2.05, 4.69) is 45.4 Å². The van der Waals surface area contributed by atoms with Crippen molar-refractivity contribution in [1.29, 1.82) is 0 Å². The van der Waals surface area contributed by atoms with Crippen molar-refractivity contribution in [2.45, 2.75) is 20.4 Å². The number of fused-ring (bicyclic) bond motifs is 1. The Hall–Kier alpha value is -2.49. The molecule has 20 heavy (non-hydrogen) atoms. The molecule has 100 valence electrons. The Morgan fingerprint density at radius 2 is 1.80 bits per heavy atom. The van der Waals surface area contributed by atoms with E-state index in [0.29, 0.717) is 12.5 Å². The number of pyridine rings is 1. The fraction of sp³-hybridized carbons (Fsp3) is 0.188. The van der Waals surface area contributed by atoms with Crippen LogP contribution in [0.4, 0.5) is 5.95 Å². The molecule has 0 saturated carbocycles. The van der Waals surface area contributed by atoms with Gasteiger partial charge in [0.2, 0.25) is 5.95 Å². The fourth-order valence-corrected chi connectivity index (χ4v) is 2.21. The molecule has 0 aliphatic heterocycles. The Balaban J connectivity index is 1.90. The first-order valence-corrected chi connectivity index (χ1v) is 6.60. The molecule has 1 N–H and O–H groups in total. The van der Waals surface area contributed by atoms with Crippen LogP contribution in [0.1, 0.15) is 16.7 Å². The van der Waals surface area contributed by atoms with Crippen LogP contribution in [0.3, 0.4) is 0 Å². The first kappa shape index (κ1) is 12.5. The molecule has 0 saturated heterocycles. The number of rotatable bonds is 3. The van der Waals surface area contributed by atoms with Gasteiger partial charge in [0, 0.05) is 30.5 Å². The fourth-order valence-electron chi connectivity index (χ4n) is 2.21. The minimum atomic E-state index is 0.649. The molecule has 0 spiro atoms. The van der Waals surface area contributed by atoms with Crippen LogP contribution in [0.15, 0.2) is 42.9 Å². The van der Waals surface area contributed by atoms with Crippen molar-refractivity contribution in [2.24, 2.45) is 0 Å². The molecule has 0 atom stereocenters. The van der Waals surface area contributed by atoms with Gasteiger partial charge in [0.25, 0.3) is 0 Å².